The minimum absolute atomic E-state index is 0.120. The van der Waals surface area contributed by atoms with E-state index in [0.717, 1.165) is 16.9 Å². The second-order valence-corrected chi connectivity index (χ2v) is 8.50. The van der Waals surface area contributed by atoms with Crippen LogP contribution in [0.1, 0.15) is 37.7 Å². The highest BCUT2D eigenvalue weighted by Gasteiger charge is 2.20. The van der Waals surface area contributed by atoms with Crippen molar-refractivity contribution in [3.05, 3.63) is 119 Å². The van der Waals surface area contributed by atoms with Gasteiger partial charge in [-0.1, -0.05) is 47.6 Å². The van der Waals surface area contributed by atoms with E-state index < -0.39 is 5.82 Å². The number of hydrogen-bond donors (Lipinski definition) is 1. The molecule has 0 aliphatic heterocycles. The summed E-state index contributed by atoms with van der Waals surface area (Å²) in [6.45, 7) is 0.957. The predicted octanol–water partition coefficient (Wildman–Crippen LogP) is 4.68. The van der Waals surface area contributed by atoms with Crippen LogP contribution in [0, 0.1) is 5.82 Å². The van der Waals surface area contributed by atoms with Gasteiger partial charge in [0.05, 0.1) is 13.7 Å². The number of amides is 2. The van der Waals surface area contributed by atoms with E-state index in [4.69, 9.17) is 9.26 Å². The quantitative estimate of drug-likeness (QED) is 0.323. The van der Waals surface area contributed by atoms with Gasteiger partial charge in [0.25, 0.3) is 11.8 Å². The lowest BCUT2D eigenvalue weighted by Crippen LogP contribution is -2.32. The van der Waals surface area contributed by atoms with Crippen LogP contribution in [0.4, 0.5) is 4.39 Å². The Labute approximate surface area is 214 Å². The summed E-state index contributed by atoms with van der Waals surface area (Å²) in [7, 11) is 1.61. The number of carbonyl (C=O) groups excluding carboxylic acids is 2. The smallest absolute Gasteiger partial charge is 0.273 e. The second-order valence-electron chi connectivity index (χ2n) is 8.50. The first kappa shape index (κ1) is 25.6. The maximum Gasteiger partial charge on any atom is 0.273 e. The minimum Gasteiger partial charge on any atom is -0.497 e. The van der Waals surface area contributed by atoms with Crippen LogP contribution in [0.5, 0.6) is 5.75 Å². The monoisotopic (exact) mass is 501 g/mol. The normalized spacial score (nSPS) is 10.6. The summed E-state index contributed by atoms with van der Waals surface area (Å²) in [5.74, 6) is 0.120. The topological polar surface area (TPSA) is 84.7 Å². The Morgan fingerprint density at radius 2 is 1.65 bits per heavy atom. The molecule has 37 heavy (non-hydrogen) atoms. The summed E-state index contributed by atoms with van der Waals surface area (Å²) in [5.41, 5.74) is 2.65. The molecule has 7 nitrogen and oxygen atoms in total. The Balaban J connectivity index is 1.38. The molecule has 0 bridgehead atoms. The van der Waals surface area contributed by atoms with E-state index in [1.54, 1.807) is 12.0 Å². The number of ether oxygens (including phenoxy) is 1. The Morgan fingerprint density at radius 1 is 0.946 bits per heavy atom. The first-order valence-corrected chi connectivity index (χ1v) is 12.0. The number of hydrogen-bond acceptors (Lipinski definition) is 5. The molecule has 0 saturated carbocycles. The molecular weight excluding hydrogens is 473 g/mol. The number of aromatic nitrogens is 1. The molecule has 0 atom stereocenters. The zero-order chi connectivity index (χ0) is 26.0. The SMILES string of the molecule is COc1ccc(CCNC(=O)c2cc(CN(CCc3ccccc3)C(=O)c3ccc(F)cc3)on2)cc1. The largest absolute Gasteiger partial charge is 0.497 e. The summed E-state index contributed by atoms with van der Waals surface area (Å²) in [6, 6.07) is 24.4. The lowest BCUT2D eigenvalue weighted by molar-refractivity contribution is 0.0729. The highest BCUT2D eigenvalue weighted by Crippen LogP contribution is 2.15. The Kier molecular flexibility index (Phi) is 8.65. The van der Waals surface area contributed by atoms with Gasteiger partial charge in [-0.25, -0.2) is 4.39 Å². The van der Waals surface area contributed by atoms with E-state index in [2.05, 4.69) is 10.5 Å². The number of nitrogens with zero attached hydrogens (tertiary/aromatic N) is 2. The van der Waals surface area contributed by atoms with Crippen molar-refractivity contribution in [2.75, 3.05) is 20.2 Å². The first-order chi connectivity index (χ1) is 18.0. The summed E-state index contributed by atoms with van der Waals surface area (Å²) in [6.07, 6.45) is 1.28. The number of halogens is 1. The Hall–Kier alpha value is -4.46. The van der Waals surface area contributed by atoms with Crippen molar-refractivity contribution in [3.8, 4) is 5.75 Å². The van der Waals surface area contributed by atoms with E-state index in [0.29, 0.717) is 37.3 Å². The van der Waals surface area contributed by atoms with Crippen molar-refractivity contribution in [1.29, 1.82) is 0 Å². The number of nitrogens with one attached hydrogen (secondary N) is 1. The van der Waals surface area contributed by atoms with Gasteiger partial charge in [0, 0.05) is 24.7 Å². The fourth-order valence-electron chi connectivity index (χ4n) is 3.82. The van der Waals surface area contributed by atoms with Crippen molar-refractivity contribution in [3.63, 3.8) is 0 Å². The zero-order valence-corrected chi connectivity index (χ0v) is 20.5. The standard InChI is InChI=1S/C29H28FN3O4/c1-36-25-13-7-22(8-14-25)15-17-31-28(34)27-19-26(37-32-27)20-33(18-16-21-5-3-2-4-6-21)29(35)23-9-11-24(30)12-10-23/h2-14,19H,15-18,20H2,1H3,(H,31,34). The molecule has 0 spiro atoms. The molecule has 4 aromatic rings. The molecule has 0 radical (unpaired) electrons. The van der Waals surface area contributed by atoms with E-state index in [9.17, 15) is 14.0 Å². The van der Waals surface area contributed by atoms with Gasteiger partial charge >= 0.3 is 0 Å². The third-order valence-electron chi connectivity index (χ3n) is 5.89. The molecule has 0 aliphatic carbocycles. The first-order valence-electron chi connectivity index (χ1n) is 12.0. The van der Waals surface area contributed by atoms with Crippen LogP contribution in [0.3, 0.4) is 0 Å². The van der Waals surface area contributed by atoms with Crippen molar-refractivity contribution >= 4 is 11.8 Å². The second kappa shape index (κ2) is 12.5. The third kappa shape index (κ3) is 7.27. The van der Waals surface area contributed by atoms with Crippen LogP contribution >= 0.6 is 0 Å². The fraction of sp³-hybridized carbons (Fsp3) is 0.207. The Bertz CT molecular complexity index is 1310. The maximum atomic E-state index is 13.4. The molecule has 1 aromatic heterocycles. The molecule has 0 aliphatic rings. The van der Waals surface area contributed by atoms with Crippen molar-refractivity contribution in [2.24, 2.45) is 0 Å². The van der Waals surface area contributed by atoms with E-state index in [1.165, 1.54) is 30.3 Å². The summed E-state index contributed by atoms with van der Waals surface area (Å²) < 4.78 is 23.9. The molecule has 0 fully saturated rings. The van der Waals surface area contributed by atoms with Gasteiger partial charge in [0.2, 0.25) is 0 Å². The van der Waals surface area contributed by atoms with Gasteiger partial charge in [-0.05, 0) is 60.4 Å². The van der Waals surface area contributed by atoms with E-state index in [1.807, 2.05) is 54.6 Å². The molecule has 0 unspecified atom stereocenters. The van der Waals surface area contributed by atoms with Gasteiger partial charge in [-0.15, -0.1) is 0 Å². The van der Waals surface area contributed by atoms with Gasteiger partial charge in [0.15, 0.2) is 11.5 Å². The molecule has 1 N–H and O–H groups in total. The molecule has 1 heterocycles. The molecule has 3 aromatic carbocycles. The van der Waals surface area contributed by atoms with Crippen molar-refractivity contribution < 1.29 is 23.2 Å². The third-order valence-corrected chi connectivity index (χ3v) is 5.89. The van der Waals surface area contributed by atoms with Gasteiger partial charge < -0.3 is 19.5 Å². The summed E-state index contributed by atoms with van der Waals surface area (Å²) in [5, 5.41) is 6.72. The van der Waals surface area contributed by atoms with E-state index >= 15 is 0 Å². The molecule has 8 heteroatoms. The minimum atomic E-state index is -0.412. The lowest BCUT2D eigenvalue weighted by atomic mass is 10.1. The highest BCUT2D eigenvalue weighted by molar-refractivity contribution is 5.94. The lowest BCUT2D eigenvalue weighted by Gasteiger charge is -2.21. The van der Waals surface area contributed by atoms with Gasteiger partial charge in [-0.3, -0.25) is 9.59 Å². The molecule has 4 rings (SSSR count). The van der Waals surface area contributed by atoms with Crippen LogP contribution in [-0.4, -0.2) is 42.1 Å². The van der Waals surface area contributed by atoms with Crippen molar-refractivity contribution in [1.82, 2.24) is 15.4 Å². The number of methoxy groups -OCH3 is 1. The van der Waals surface area contributed by atoms with Crippen LogP contribution in [0.25, 0.3) is 0 Å². The van der Waals surface area contributed by atoms with Crippen LogP contribution < -0.4 is 10.1 Å². The van der Waals surface area contributed by atoms with Gasteiger partial charge in [0.1, 0.15) is 11.6 Å². The maximum absolute atomic E-state index is 13.4. The average molecular weight is 502 g/mol. The summed E-state index contributed by atoms with van der Waals surface area (Å²) in [4.78, 5) is 27.4. The van der Waals surface area contributed by atoms with Crippen molar-refractivity contribution in [2.45, 2.75) is 19.4 Å². The molecular formula is C29H28FN3O4. The number of rotatable bonds is 11. The molecule has 190 valence electrons. The number of carbonyl (C=O) groups is 2. The Morgan fingerprint density at radius 3 is 2.35 bits per heavy atom. The van der Waals surface area contributed by atoms with Crippen LogP contribution in [0.15, 0.2) is 89.5 Å². The summed E-state index contributed by atoms with van der Waals surface area (Å²) >= 11 is 0. The molecule has 0 saturated heterocycles. The molecule has 2 amide bonds. The highest BCUT2D eigenvalue weighted by atomic mass is 19.1. The zero-order valence-electron chi connectivity index (χ0n) is 20.5. The van der Waals surface area contributed by atoms with Gasteiger partial charge in [-0.2, -0.15) is 0 Å². The fourth-order valence-corrected chi connectivity index (χ4v) is 3.82. The van der Waals surface area contributed by atoms with E-state index in [-0.39, 0.29) is 24.1 Å². The number of benzene rings is 3. The van der Waals surface area contributed by atoms with Crippen LogP contribution in [-0.2, 0) is 19.4 Å². The predicted molar refractivity (Wildman–Crippen MR) is 137 cm³/mol. The average Bonchev–Trinajstić information content (AvgIpc) is 3.41. The van der Waals surface area contributed by atoms with Crippen LogP contribution in [0.2, 0.25) is 0 Å².